The van der Waals surface area contributed by atoms with Crippen molar-refractivity contribution in [3.05, 3.63) is 34.9 Å². The lowest BCUT2D eigenvalue weighted by Gasteiger charge is -2.18. The number of carbonyl (C=O) groups excluding carboxylic acids is 2. The largest absolute Gasteiger partial charge is 0.345 e. The summed E-state index contributed by atoms with van der Waals surface area (Å²) in [5, 5.41) is 0.553. The van der Waals surface area contributed by atoms with Gasteiger partial charge in [-0.3, -0.25) is 14.5 Å². The first kappa shape index (κ1) is 14.0. The fourth-order valence-corrected chi connectivity index (χ4v) is 2.33. The molecule has 1 amide bonds. The fraction of sp³-hybridized carbons (Fsp3) is 0.429. The third-order valence-electron chi connectivity index (χ3n) is 3.27. The van der Waals surface area contributed by atoms with Gasteiger partial charge in [0.2, 0.25) is 5.91 Å². The molecule has 0 unspecified atom stereocenters. The molecular formula is C14H17ClN2O2. The van der Waals surface area contributed by atoms with Crippen LogP contribution in [0.2, 0.25) is 5.02 Å². The first-order valence-electron chi connectivity index (χ1n) is 6.31. The van der Waals surface area contributed by atoms with Gasteiger partial charge in [0.15, 0.2) is 5.78 Å². The maximum absolute atomic E-state index is 12.1. The van der Waals surface area contributed by atoms with Gasteiger partial charge in [-0.05, 0) is 18.6 Å². The van der Waals surface area contributed by atoms with Gasteiger partial charge in [0.25, 0.3) is 0 Å². The van der Waals surface area contributed by atoms with Crippen molar-refractivity contribution in [2.24, 2.45) is 0 Å². The summed E-state index contributed by atoms with van der Waals surface area (Å²) in [6, 6.07) is 6.91. The number of nitrogens with zero attached hydrogens (tertiary/aromatic N) is 2. The molecule has 0 radical (unpaired) electrons. The molecule has 1 heterocycles. The second-order valence-electron chi connectivity index (χ2n) is 4.81. The van der Waals surface area contributed by atoms with Crippen molar-refractivity contribution in [3.63, 3.8) is 0 Å². The maximum atomic E-state index is 12.1. The van der Waals surface area contributed by atoms with Crippen molar-refractivity contribution < 1.29 is 9.59 Å². The van der Waals surface area contributed by atoms with Gasteiger partial charge in [-0.1, -0.05) is 23.7 Å². The summed E-state index contributed by atoms with van der Waals surface area (Å²) >= 11 is 5.87. The molecule has 1 saturated heterocycles. The average molecular weight is 281 g/mol. The minimum atomic E-state index is -0.000136. The van der Waals surface area contributed by atoms with Crippen LogP contribution in [0.4, 0.5) is 0 Å². The van der Waals surface area contributed by atoms with Crippen molar-refractivity contribution >= 4 is 23.3 Å². The van der Waals surface area contributed by atoms with E-state index in [0.717, 1.165) is 19.5 Å². The van der Waals surface area contributed by atoms with E-state index in [4.69, 9.17) is 11.6 Å². The first-order valence-corrected chi connectivity index (χ1v) is 6.69. The Morgan fingerprint density at radius 1 is 1.37 bits per heavy atom. The van der Waals surface area contributed by atoms with Crippen LogP contribution in [0.1, 0.15) is 16.8 Å². The van der Waals surface area contributed by atoms with Crippen molar-refractivity contribution in [2.75, 3.05) is 33.2 Å². The number of benzene rings is 1. The van der Waals surface area contributed by atoms with Crippen LogP contribution >= 0.6 is 11.6 Å². The van der Waals surface area contributed by atoms with Gasteiger partial charge < -0.3 is 4.90 Å². The van der Waals surface area contributed by atoms with Gasteiger partial charge in [-0.25, -0.2) is 0 Å². The van der Waals surface area contributed by atoms with Gasteiger partial charge in [0, 0.05) is 30.7 Å². The number of rotatable bonds is 3. The number of likely N-dealkylation sites (N-methyl/N-ethyl adjacent to an activating group) is 1. The summed E-state index contributed by atoms with van der Waals surface area (Å²) in [4.78, 5) is 27.5. The molecule has 102 valence electrons. The monoisotopic (exact) mass is 280 g/mol. The van der Waals surface area contributed by atoms with Gasteiger partial charge in [-0.15, -0.1) is 0 Å². The number of amides is 1. The second kappa shape index (κ2) is 6.17. The molecular weight excluding hydrogens is 264 g/mol. The summed E-state index contributed by atoms with van der Waals surface area (Å²) in [5.41, 5.74) is 0.595. The lowest BCUT2D eigenvalue weighted by molar-refractivity contribution is -0.129. The molecule has 19 heavy (non-hydrogen) atoms. The molecule has 2 rings (SSSR count). The second-order valence-corrected chi connectivity index (χ2v) is 5.25. The highest BCUT2D eigenvalue weighted by molar-refractivity contribution is 6.31. The van der Waals surface area contributed by atoms with Crippen LogP contribution in [0.3, 0.4) is 0 Å². The highest BCUT2D eigenvalue weighted by Gasteiger charge is 2.21. The van der Waals surface area contributed by atoms with Crippen LogP contribution in [0, 0.1) is 0 Å². The molecule has 1 fully saturated rings. The zero-order valence-electron chi connectivity index (χ0n) is 10.9. The van der Waals surface area contributed by atoms with E-state index in [0.29, 0.717) is 17.1 Å². The van der Waals surface area contributed by atoms with Crippen LogP contribution in [0.15, 0.2) is 24.3 Å². The minimum Gasteiger partial charge on any atom is -0.345 e. The number of Topliss-reactive ketones (excluding diaryl/α,β-unsaturated/α-hetero) is 1. The summed E-state index contributed by atoms with van der Waals surface area (Å²) in [6.45, 7) is 2.09. The van der Waals surface area contributed by atoms with E-state index >= 15 is 0 Å². The zero-order valence-corrected chi connectivity index (χ0v) is 11.7. The lowest BCUT2D eigenvalue weighted by Crippen LogP contribution is -2.37. The normalized spacial score (nSPS) is 17.4. The maximum Gasteiger partial charge on any atom is 0.236 e. The number of carbonyl (C=O) groups is 2. The Morgan fingerprint density at radius 2 is 2.16 bits per heavy atom. The Hall–Kier alpha value is -1.39. The van der Waals surface area contributed by atoms with E-state index in [1.54, 1.807) is 36.2 Å². The van der Waals surface area contributed by atoms with Gasteiger partial charge in [0.05, 0.1) is 13.1 Å². The van der Waals surface area contributed by atoms with Crippen molar-refractivity contribution in [3.8, 4) is 0 Å². The topological polar surface area (TPSA) is 40.6 Å². The fourth-order valence-electron chi connectivity index (χ4n) is 2.14. The molecule has 1 aliphatic heterocycles. The summed E-state index contributed by atoms with van der Waals surface area (Å²) in [5.74, 6) is 0.0660. The smallest absolute Gasteiger partial charge is 0.236 e. The van der Waals surface area contributed by atoms with Crippen LogP contribution in [0.5, 0.6) is 0 Å². The van der Waals surface area contributed by atoms with Crippen LogP contribution in [0.25, 0.3) is 0 Å². The highest BCUT2D eigenvalue weighted by atomic mass is 35.5. The lowest BCUT2D eigenvalue weighted by atomic mass is 10.1. The molecule has 0 saturated carbocycles. The first-order chi connectivity index (χ1) is 9.06. The van der Waals surface area contributed by atoms with E-state index in [9.17, 15) is 9.59 Å². The highest BCUT2D eigenvalue weighted by Crippen LogP contribution is 2.12. The quantitative estimate of drug-likeness (QED) is 0.791. The zero-order chi connectivity index (χ0) is 13.8. The molecule has 0 atom stereocenters. The number of ketones is 1. The minimum absolute atomic E-state index is 0.000136. The van der Waals surface area contributed by atoms with Crippen LogP contribution in [-0.4, -0.2) is 54.7 Å². The molecule has 1 aromatic carbocycles. The summed E-state index contributed by atoms with van der Waals surface area (Å²) < 4.78 is 0. The molecule has 0 bridgehead atoms. The molecule has 1 aliphatic rings. The third kappa shape index (κ3) is 3.78. The Bertz CT molecular complexity index is 490. The molecule has 0 aromatic heterocycles. The van der Waals surface area contributed by atoms with Crippen molar-refractivity contribution in [1.29, 1.82) is 0 Å². The molecule has 4 nitrogen and oxygen atoms in total. The van der Waals surface area contributed by atoms with Crippen LogP contribution in [-0.2, 0) is 4.79 Å². The number of hydrogen-bond acceptors (Lipinski definition) is 3. The molecule has 0 N–H and O–H groups in total. The average Bonchev–Trinajstić information content (AvgIpc) is 2.52. The van der Waals surface area contributed by atoms with Crippen LogP contribution < -0.4 is 0 Å². The number of hydrogen-bond donors (Lipinski definition) is 0. The molecule has 5 heteroatoms. The van der Waals surface area contributed by atoms with E-state index < -0.39 is 0 Å². The predicted molar refractivity (Wildman–Crippen MR) is 74.5 cm³/mol. The van der Waals surface area contributed by atoms with Gasteiger partial charge in [0.1, 0.15) is 0 Å². The van der Waals surface area contributed by atoms with E-state index in [-0.39, 0.29) is 18.2 Å². The van der Waals surface area contributed by atoms with E-state index in [1.165, 1.54) is 0 Å². The van der Waals surface area contributed by atoms with Crippen molar-refractivity contribution in [2.45, 2.75) is 6.42 Å². The SMILES string of the molecule is CN1CCCN(CC(=O)c2cccc(Cl)c2)CC1=O. The Kier molecular flexibility index (Phi) is 4.56. The van der Waals surface area contributed by atoms with Gasteiger partial charge in [-0.2, -0.15) is 0 Å². The standard InChI is InChI=1S/C14H17ClN2O2/c1-16-6-3-7-17(10-14(16)19)9-13(18)11-4-2-5-12(15)8-11/h2,4-5,8H,3,6-7,9-10H2,1H3. The summed E-state index contributed by atoms with van der Waals surface area (Å²) in [6.07, 6.45) is 0.894. The number of halogens is 1. The van der Waals surface area contributed by atoms with Crippen molar-refractivity contribution in [1.82, 2.24) is 9.80 Å². The third-order valence-corrected chi connectivity index (χ3v) is 3.50. The Labute approximate surface area is 117 Å². The predicted octanol–water partition coefficient (Wildman–Crippen LogP) is 1.69. The summed E-state index contributed by atoms with van der Waals surface area (Å²) in [7, 11) is 1.80. The Morgan fingerprint density at radius 3 is 2.89 bits per heavy atom. The molecule has 1 aromatic rings. The van der Waals surface area contributed by atoms with E-state index in [1.807, 2.05) is 4.90 Å². The Balaban J connectivity index is 2.00. The molecule has 0 spiro atoms. The van der Waals surface area contributed by atoms with Gasteiger partial charge >= 0.3 is 0 Å². The van der Waals surface area contributed by atoms with E-state index in [2.05, 4.69) is 0 Å². The molecule has 0 aliphatic carbocycles.